The monoisotopic (exact) mass is 469 g/mol. The van der Waals surface area contributed by atoms with Crippen LogP contribution in [0.1, 0.15) is 17.8 Å². The fourth-order valence-corrected chi connectivity index (χ4v) is 4.02. The van der Waals surface area contributed by atoms with Crippen molar-refractivity contribution in [1.82, 2.24) is 14.5 Å². The SMILES string of the molecule is Cc1nccn1CCCOc1cccc(CN2CCOCC(O)(COc3ccc(F)cc3)C2)c1. The number of hydrogen-bond donors (Lipinski definition) is 1. The van der Waals surface area contributed by atoms with Crippen molar-refractivity contribution >= 4 is 0 Å². The summed E-state index contributed by atoms with van der Waals surface area (Å²) in [5, 5.41) is 11.1. The third kappa shape index (κ3) is 7.03. The van der Waals surface area contributed by atoms with Gasteiger partial charge in [-0.3, -0.25) is 4.90 Å². The van der Waals surface area contributed by atoms with Crippen molar-refractivity contribution in [2.24, 2.45) is 0 Å². The smallest absolute Gasteiger partial charge is 0.134 e. The zero-order valence-electron chi connectivity index (χ0n) is 19.5. The molecule has 3 aromatic rings. The van der Waals surface area contributed by atoms with E-state index in [9.17, 15) is 9.50 Å². The molecule has 0 amide bonds. The van der Waals surface area contributed by atoms with Crippen LogP contribution in [0.25, 0.3) is 0 Å². The minimum atomic E-state index is -1.16. The molecule has 8 heteroatoms. The van der Waals surface area contributed by atoms with Crippen molar-refractivity contribution in [2.45, 2.75) is 32.0 Å². The molecule has 4 rings (SSSR count). The van der Waals surface area contributed by atoms with Gasteiger partial charge < -0.3 is 23.9 Å². The van der Waals surface area contributed by atoms with E-state index in [0.717, 1.165) is 30.1 Å². The van der Waals surface area contributed by atoms with Gasteiger partial charge in [-0.15, -0.1) is 0 Å². The molecule has 1 aliphatic rings. The quantitative estimate of drug-likeness (QED) is 0.459. The lowest BCUT2D eigenvalue weighted by molar-refractivity contribution is -0.0646. The maximum atomic E-state index is 13.1. The normalized spacial score (nSPS) is 19.0. The van der Waals surface area contributed by atoms with E-state index in [-0.39, 0.29) is 19.0 Å². The second-order valence-electron chi connectivity index (χ2n) is 8.75. The highest BCUT2D eigenvalue weighted by Crippen LogP contribution is 2.20. The van der Waals surface area contributed by atoms with E-state index in [0.29, 0.717) is 38.6 Å². The molecule has 34 heavy (non-hydrogen) atoms. The first kappa shape index (κ1) is 24.2. The van der Waals surface area contributed by atoms with Crippen molar-refractivity contribution in [1.29, 1.82) is 0 Å². The summed E-state index contributed by atoms with van der Waals surface area (Å²) < 4.78 is 32.6. The predicted molar refractivity (Wildman–Crippen MR) is 126 cm³/mol. The summed E-state index contributed by atoms with van der Waals surface area (Å²) >= 11 is 0. The Bertz CT molecular complexity index is 1040. The third-order valence-corrected chi connectivity index (χ3v) is 5.80. The molecule has 2 aromatic carbocycles. The zero-order chi connectivity index (χ0) is 23.8. The highest BCUT2D eigenvalue weighted by atomic mass is 19.1. The number of rotatable bonds is 10. The zero-order valence-corrected chi connectivity index (χ0v) is 19.5. The largest absolute Gasteiger partial charge is 0.494 e. The van der Waals surface area contributed by atoms with E-state index < -0.39 is 5.60 Å². The fourth-order valence-electron chi connectivity index (χ4n) is 4.02. The van der Waals surface area contributed by atoms with Gasteiger partial charge in [-0.05, 0) is 55.3 Å². The minimum absolute atomic E-state index is 0.0642. The van der Waals surface area contributed by atoms with Crippen LogP contribution in [-0.4, -0.2) is 64.7 Å². The van der Waals surface area contributed by atoms with Crippen LogP contribution in [-0.2, 0) is 17.8 Å². The molecular formula is C26H32FN3O4. The van der Waals surface area contributed by atoms with E-state index >= 15 is 0 Å². The molecule has 0 radical (unpaired) electrons. The van der Waals surface area contributed by atoms with Gasteiger partial charge in [-0.25, -0.2) is 9.37 Å². The number of benzene rings is 2. The second-order valence-corrected chi connectivity index (χ2v) is 8.75. The number of ether oxygens (including phenoxy) is 3. The Kier molecular flexibility index (Phi) is 8.16. The molecule has 1 aliphatic heterocycles. The first-order valence-electron chi connectivity index (χ1n) is 11.6. The van der Waals surface area contributed by atoms with Gasteiger partial charge in [-0.2, -0.15) is 0 Å². The lowest BCUT2D eigenvalue weighted by Crippen LogP contribution is -2.48. The summed E-state index contributed by atoms with van der Waals surface area (Å²) in [7, 11) is 0. The van der Waals surface area contributed by atoms with E-state index in [1.807, 2.05) is 37.5 Å². The van der Waals surface area contributed by atoms with Crippen LogP contribution < -0.4 is 9.47 Å². The predicted octanol–water partition coefficient (Wildman–Crippen LogP) is 3.44. The Labute approximate surface area is 199 Å². The van der Waals surface area contributed by atoms with Crippen LogP contribution >= 0.6 is 0 Å². The highest BCUT2D eigenvalue weighted by Gasteiger charge is 2.33. The summed E-state index contributed by atoms with van der Waals surface area (Å²) in [6, 6.07) is 13.8. The van der Waals surface area contributed by atoms with Crippen LogP contribution in [0, 0.1) is 12.7 Å². The van der Waals surface area contributed by atoms with Gasteiger partial charge in [0, 0.05) is 38.6 Å². The summed E-state index contributed by atoms with van der Waals surface area (Å²) in [4.78, 5) is 6.39. The molecule has 0 saturated carbocycles. The summed E-state index contributed by atoms with van der Waals surface area (Å²) in [6.45, 7) is 6.04. The second kappa shape index (κ2) is 11.5. The minimum Gasteiger partial charge on any atom is -0.494 e. The molecule has 1 unspecified atom stereocenters. The average molecular weight is 470 g/mol. The van der Waals surface area contributed by atoms with Gasteiger partial charge in [0.15, 0.2) is 0 Å². The van der Waals surface area contributed by atoms with Gasteiger partial charge in [0.1, 0.15) is 35.3 Å². The number of nitrogens with zero attached hydrogens (tertiary/aromatic N) is 3. The Morgan fingerprint density at radius 1 is 1.15 bits per heavy atom. The number of hydrogen-bond acceptors (Lipinski definition) is 6. The third-order valence-electron chi connectivity index (χ3n) is 5.80. The van der Waals surface area contributed by atoms with Crippen molar-refractivity contribution in [2.75, 3.05) is 39.5 Å². The fraction of sp³-hybridized carbons (Fsp3) is 0.423. The molecule has 7 nitrogen and oxygen atoms in total. The van der Waals surface area contributed by atoms with Gasteiger partial charge >= 0.3 is 0 Å². The molecule has 182 valence electrons. The van der Waals surface area contributed by atoms with Crippen LogP contribution in [0.5, 0.6) is 11.5 Å². The molecule has 2 heterocycles. The average Bonchev–Trinajstić information content (AvgIpc) is 3.14. The molecule has 1 fully saturated rings. The Hall–Kier alpha value is -2.94. The van der Waals surface area contributed by atoms with Crippen molar-refractivity contribution in [3.8, 4) is 11.5 Å². The highest BCUT2D eigenvalue weighted by molar-refractivity contribution is 5.28. The number of aryl methyl sites for hydroxylation is 2. The Morgan fingerprint density at radius 2 is 2.00 bits per heavy atom. The van der Waals surface area contributed by atoms with Gasteiger partial charge in [-0.1, -0.05) is 12.1 Å². The van der Waals surface area contributed by atoms with Crippen LogP contribution in [0.4, 0.5) is 4.39 Å². The first-order valence-corrected chi connectivity index (χ1v) is 11.6. The van der Waals surface area contributed by atoms with E-state index in [1.165, 1.54) is 12.1 Å². The topological polar surface area (TPSA) is 69.0 Å². The summed E-state index contributed by atoms with van der Waals surface area (Å²) in [5.74, 6) is 2.03. The van der Waals surface area contributed by atoms with E-state index in [4.69, 9.17) is 14.2 Å². The summed E-state index contributed by atoms with van der Waals surface area (Å²) in [6.07, 6.45) is 4.68. The number of β-amino-alcohol motifs (C(OH)–C–C–N with tert-alkyl or cyclic N) is 1. The number of halogens is 1. The van der Waals surface area contributed by atoms with E-state index in [2.05, 4.69) is 20.5 Å². The number of aromatic nitrogens is 2. The van der Waals surface area contributed by atoms with E-state index in [1.54, 1.807) is 12.1 Å². The van der Waals surface area contributed by atoms with Crippen LogP contribution in [0.15, 0.2) is 60.9 Å². The van der Waals surface area contributed by atoms with Crippen LogP contribution in [0.2, 0.25) is 0 Å². The van der Waals surface area contributed by atoms with Crippen molar-refractivity contribution in [3.63, 3.8) is 0 Å². The van der Waals surface area contributed by atoms with Gasteiger partial charge in [0.2, 0.25) is 0 Å². The maximum Gasteiger partial charge on any atom is 0.134 e. The Balaban J connectivity index is 1.28. The molecule has 1 saturated heterocycles. The van der Waals surface area contributed by atoms with Crippen molar-refractivity contribution in [3.05, 3.63) is 78.1 Å². The van der Waals surface area contributed by atoms with Gasteiger partial charge in [0.25, 0.3) is 0 Å². The number of aliphatic hydroxyl groups is 1. The lowest BCUT2D eigenvalue weighted by Gasteiger charge is -2.30. The standard InChI is InChI=1S/C26H32FN3O4/c1-21-28-10-12-30(21)11-3-14-33-25-5-2-4-22(16-25)17-29-13-15-32-19-26(31,18-29)20-34-24-8-6-23(27)7-9-24/h2,4-10,12,16,31H,3,11,13-15,17-20H2,1H3. The lowest BCUT2D eigenvalue weighted by atomic mass is 10.1. The molecule has 0 bridgehead atoms. The molecule has 0 spiro atoms. The molecule has 1 N–H and O–H groups in total. The van der Waals surface area contributed by atoms with Crippen LogP contribution in [0.3, 0.4) is 0 Å². The molecular weight excluding hydrogens is 437 g/mol. The molecule has 0 aliphatic carbocycles. The molecule has 1 atom stereocenters. The maximum absolute atomic E-state index is 13.1. The first-order chi connectivity index (χ1) is 16.5. The number of imidazole rings is 1. The Morgan fingerprint density at radius 3 is 2.79 bits per heavy atom. The summed E-state index contributed by atoms with van der Waals surface area (Å²) in [5.41, 5.74) is -0.0589. The molecule has 1 aromatic heterocycles. The van der Waals surface area contributed by atoms with Crippen molar-refractivity contribution < 1.29 is 23.7 Å². The van der Waals surface area contributed by atoms with Gasteiger partial charge in [0.05, 0.1) is 19.8 Å².